The summed E-state index contributed by atoms with van der Waals surface area (Å²) in [6, 6.07) is 69.9. The Labute approximate surface area is 329 Å². The fraction of sp³-hybridized carbons (Fsp3) is 0. The Morgan fingerprint density at radius 2 is 0.754 bits per heavy atom. The summed E-state index contributed by atoms with van der Waals surface area (Å²) < 4.78 is 6.60. The van der Waals surface area contributed by atoms with E-state index in [4.69, 9.17) is 19.4 Å². The molecule has 11 rings (SSSR count). The van der Waals surface area contributed by atoms with E-state index in [1.54, 1.807) is 0 Å². The first kappa shape index (κ1) is 32.7. The molecule has 0 saturated carbocycles. The number of nitrogens with zero attached hydrogens (tertiary/aromatic N) is 3. The van der Waals surface area contributed by atoms with Crippen LogP contribution in [0.2, 0.25) is 0 Å². The molecule has 0 aliphatic heterocycles. The van der Waals surface area contributed by atoms with Crippen LogP contribution in [0.15, 0.2) is 205 Å². The molecule has 4 nitrogen and oxygen atoms in total. The summed E-state index contributed by atoms with van der Waals surface area (Å²) in [5, 5.41) is 7.07. The van der Waals surface area contributed by atoms with Crippen LogP contribution in [-0.4, -0.2) is 15.0 Å². The van der Waals surface area contributed by atoms with Crippen molar-refractivity contribution < 1.29 is 4.42 Å². The van der Waals surface area contributed by atoms with Gasteiger partial charge in [0.05, 0.1) is 0 Å². The molecule has 2 heterocycles. The number of fused-ring (bicyclic) bond motifs is 6. The SMILES string of the molecule is c1ccc(-c2ccc(-c3nc(-c4ccccc4)nc(-c4ccc(-c5ccc6oc7cc(-c8cccc9ccccc89)c8ccccc8c7c6c5)cc4)n3)cc2)cc1. The van der Waals surface area contributed by atoms with Crippen molar-refractivity contribution >= 4 is 43.5 Å². The number of hydrogen-bond acceptors (Lipinski definition) is 4. The highest BCUT2D eigenvalue weighted by Gasteiger charge is 2.18. The van der Waals surface area contributed by atoms with E-state index in [0.717, 1.165) is 55.3 Å². The van der Waals surface area contributed by atoms with Crippen molar-refractivity contribution in [1.29, 1.82) is 0 Å². The number of aromatic nitrogens is 3. The minimum atomic E-state index is 0.627. The first-order valence-corrected chi connectivity index (χ1v) is 19.2. The molecule has 0 N–H and O–H groups in total. The van der Waals surface area contributed by atoms with Crippen molar-refractivity contribution in [3.63, 3.8) is 0 Å². The number of benzene rings is 9. The van der Waals surface area contributed by atoms with Gasteiger partial charge in [0.25, 0.3) is 0 Å². The lowest BCUT2D eigenvalue weighted by Gasteiger charge is -2.11. The van der Waals surface area contributed by atoms with Gasteiger partial charge >= 0.3 is 0 Å². The molecule has 0 atom stereocenters. The molecule has 266 valence electrons. The predicted molar refractivity (Wildman–Crippen MR) is 235 cm³/mol. The molecule has 0 amide bonds. The van der Waals surface area contributed by atoms with Gasteiger partial charge in [-0.1, -0.05) is 182 Å². The first-order chi connectivity index (χ1) is 28.2. The van der Waals surface area contributed by atoms with Gasteiger partial charge in [-0.2, -0.15) is 0 Å². The van der Waals surface area contributed by atoms with E-state index in [9.17, 15) is 0 Å². The second-order valence-corrected chi connectivity index (χ2v) is 14.4. The summed E-state index contributed by atoms with van der Waals surface area (Å²) >= 11 is 0. The van der Waals surface area contributed by atoms with Crippen molar-refractivity contribution in [2.45, 2.75) is 0 Å². The fourth-order valence-corrected chi connectivity index (χ4v) is 8.11. The lowest BCUT2D eigenvalue weighted by atomic mass is 9.91. The summed E-state index contributed by atoms with van der Waals surface area (Å²) in [5.74, 6) is 1.90. The van der Waals surface area contributed by atoms with Crippen molar-refractivity contribution in [3.8, 4) is 67.5 Å². The molecule has 0 fully saturated rings. The minimum absolute atomic E-state index is 0.627. The molecule has 0 aliphatic carbocycles. The van der Waals surface area contributed by atoms with E-state index in [-0.39, 0.29) is 0 Å². The zero-order valence-corrected chi connectivity index (χ0v) is 30.8. The standard InChI is InChI=1S/C53H33N3O/c1-3-12-34(13-4-1)35-22-26-39(27-23-35)52-54-51(38-15-5-2-6-16-38)55-53(56-52)40-28-24-36(25-29-40)41-30-31-48-47(32-41)50-45-20-10-9-19-44(45)46(33-49(50)57-48)43-21-11-17-37-14-7-8-18-42(37)43/h1-33H. The molecule has 0 aliphatic rings. The van der Waals surface area contributed by atoms with Crippen molar-refractivity contribution in [2.75, 3.05) is 0 Å². The first-order valence-electron chi connectivity index (χ1n) is 19.2. The van der Waals surface area contributed by atoms with E-state index in [1.807, 2.05) is 36.4 Å². The summed E-state index contributed by atoms with van der Waals surface area (Å²) in [7, 11) is 0. The third-order valence-electron chi connectivity index (χ3n) is 11.0. The second-order valence-electron chi connectivity index (χ2n) is 14.4. The fourth-order valence-electron chi connectivity index (χ4n) is 8.11. The predicted octanol–water partition coefficient (Wildman–Crippen LogP) is 14.1. The van der Waals surface area contributed by atoms with Gasteiger partial charge in [-0.25, -0.2) is 15.0 Å². The maximum absolute atomic E-state index is 6.60. The largest absolute Gasteiger partial charge is 0.456 e. The third kappa shape index (κ3) is 5.83. The normalized spacial score (nSPS) is 11.5. The second kappa shape index (κ2) is 13.6. The summed E-state index contributed by atoms with van der Waals surface area (Å²) in [5.41, 5.74) is 11.4. The van der Waals surface area contributed by atoms with E-state index in [1.165, 1.54) is 38.2 Å². The monoisotopic (exact) mass is 727 g/mol. The van der Waals surface area contributed by atoms with Crippen LogP contribution in [-0.2, 0) is 0 Å². The Morgan fingerprint density at radius 1 is 0.281 bits per heavy atom. The maximum Gasteiger partial charge on any atom is 0.164 e. The highest BCUT2D eigenvalue weighted by Crippen LogP contribution is 2.43. The Bertz CT molecular complexity index is 3260. The number of furan rings is 1. The van der Waals surface area contributed by atoms with Crippen molar-refractivity contribution in [3.05, 3.63) is 200 Å². The molecule has 0 radical (unpaired) electrons. The molecule has 0 unspecified atom stereocenters. The van der Waals surface area contributed by atoms with Gasteiger partial charge in [0, 0.05) is 27.5 Å². The molecule has 2 aromatic heterocycles. The van der Waals surface area contributed by atoms with Gasteiger partial charge in [0.15, 0.2) is 17.5 Å². The Morgan fingerprint density at radius 3 is 1.42 bits per heavy atom. The van der Waals surface area contributed by atoms with E-state index < -0.39 is 0 Å². The van der Waals surface area contributed by atoms with E-state index in [2.05, 4.69) is 164 Å². The van der Waals surface area contributed by atoms with Gasteiger partial charge in [-0.3, -0.25) is 0 Å². The van der Waals surface area contributed by atoms with Crippen LogP contribution >= 0.6 is 0 Å². The highest BCUT2D eigenvalue weighted by atomic mass is 16.3. The molecular weight excluding hydrogens is 695 g/mol. The quantitative estimate of drug-likeness (QED) is 0.171. The van der Waals surface area contributed by atoms with E-state index in [0.29, 0.717) is 17.5 Å². The molecule has 4 heteroatoms. The van der Waals surface area contributed by atoms with Crippen molar-refractivity contribution in [1.82, 2.24) is 15.0 Å². The van der Waals surface area contributed by atoms with Crippen LogP contribution in [0, 0.1) is 0 Å². The number of hydrogen-bond donors (Lipinski definition) is 0. The molecule has 57 heavy (non-hydrogen) atoms. The molecular formula is C53H33N3O. The maximum atomic E-state index is 6.60. The lowest BCUT2D eigenvalue weighted by molar-refractivity contribution is 0.669. The van der Waals surface area contributed by atoms with Crippen LogP contribution in [0.5, 0.6) is 0 Å². The van der Waals surface area contributed by atoms with Crippen LogP contribution in [0.25, 0.3) is 111 Å². The zero-order valence-electron chi connectivity index (χ0n) is 30.8. The summed E-state index contributed by atoms with van der Waals surface area (Å²) in [6.45, 7) is 0. The van der Waals surface area contributed by atoms with Crippen LogP contribution in [0.3, 0.4) is 0 Å². The summed E-state index contributed by atoms with van der Waals surface area (Å²) in [4.78, 5) is 14.9. The Balaban J connectivity index is 0.981. The van der Waals surface area contributed by atoms with Crippen LogP contribution in [0.1, 0.15) is 0 Å². The van der Waals surface area contributed by atoms with Crippen molar-refractivity contribution in [2.24, 2.45) is 0 Å². The van der Waals surface area contributed by atoms with Gasteiger partial charge in [-0.05, 0) is 73.1 Å². The average molecular weight is 728 g/mol. The summed E-state index contributed by atoms with van der Waals surface area (Å²) in [6.07, 6.45) is 0. The smallest absolute Gasteiger partial charge is 0.164 e. The third-order valence-corrected chi connectivity index (χ3v) is 11.0. The number of rotatable bonds is 6. The molecule has 0 bridgehead atoms. The van der Waals surface area contributed by atoms with Gasteiger partial charge in [0.1, 0.15) is 11.2 Å². The van der Waals surface area contributed by atoms with Crippen LogP contribution in [0.4, 0.5) is 0 Å². The highest BCUT2D eigenvalue weighted by molar-refractivity contribution is 6.23. The lowest BCUT2D eigenvalue weighted by Crippen LogP contribution is -2.00. The average Bonchev–Trinajstić information content (AvgIpc) is 3.67. The van der Waals surface area contributed by atoms with Crippen LogP contribution < -0.4 is 0 Å². The van der Waals surface area contributed by atoms with Gasteiger partial charge in [-0.15, -0.1) is 0 Å². The zero-order chi connectivity index (χ0) is 37.7. The van der Waals surface area contributed by atoms with Gasteiger partial charge < -0.3 is 4.42 Å². The molecule has 11 aromatic rings. The van der Waals surface area contributed by atoms with Gasteiger partial charge in [0.2, 0.25) is 0 Å². The van der Waals surface area contributed by atoms with E-state index >= 15 is 0 Å². The minimum Gasteiger partial charge on any atom is -0.456 e. The Hall–Kier alpha value is -7.69. The Kier molecular flexibility index (Phi) is 7.78. The molecule has 0 saturated heterocycles. The molecule has 9 aromatic carbocycles. The molecule has 0 spiro atoms. The topological polar surface area (TPSA) is 51.8 Å².